The lowest BCUT2D eigenvalue weighted by Crippen LogP contribution is -2.46. The van der Waals surface area contributed by atoms with Crippen LogP contribution in [-0.4, -0.2) is 41.9 Å². The van der Waals surface area contributed by atoms with Gasteiger partial charge >= 0.3 is 5.97 Å². The van der Waals surface area contributed by atoms with Crippen molar-refractivity contribution in [2.75, 3.05) is 18.1 Å². The van der Waals surface area contributed by atoms with Crippen molar-refractivity contribution in [3.63, 3.8) is 0 Å². The largest absolute Gasteiger partial charge is 0.454 e. The Morgan fingerprint density at radius 1 is 1.15 bits per heavy atom. The molecule has 2 aromatic carbocycles. The standard InChI is InChI=1S/C24H27N3O6/c1-15(2)22(25-23(29)17-8-6-16(3)7-9-17)24(30)33-14-21(28)26-12-4-5-18-13-19(27(31)32)10-11-20(18)26/h6-11,13,15,22H,4-5,12,14H2,1-3H3,(H,25,29)/t22-/m0/s1. The molecule has 0 bridgehead atoms. The van der Waals surface area contributed by atoms with Gasteiger partial charge in [0.25, 0.3) is 17.5 Å². The second-order valence-corrected chi connectivity index (χ2v) is 8.39. The van der Waals surface area contributed by atoms with Crippen LogP contribution >= 0.6 is 0 Å². The number of anilines is 1. The van der Waals surface area contributed by atoms with Crippen LogP contribution < -0.4 is 10.2 Å². The number of nitro groups is 1. The molecule has 1 N–H and O–H groups in total. The first kappa shape index (κ1) is 23.9. The van der Waals surface area contributed by atoms with E-state index < -0.39 is 35.4 Å². The number of esters is 1. The molecule has 0 radical (unpaired) electrons. The number of benzene rings is 2. The number of amides is 2. The van der Waals surface area contributed by atoms with Crippen LogP contribution in [0.4, 0.5) is 11.4 Å². The van der Waals surface area contributed by atoms with E-state index in [0.717, 1.165) is 5.56 Å². The predicted molar refractivity (Wildman–Crippen MR) is 122 cm³/mol. The van der Waals surface area contributed by atoms with Crippen molar-refractivity contribution >= 4 is 29.2 Å². The van der Waals surface area contributed by atoms with Gasteiger partial charge in [-0.25, -0.2) is 4.79 Å². The third-order valence-electron chi connectivity index (χ3n) is 5.55. The molecule has 9 heteroatoms. The van der Waals surface area contributed by atoms with Crippen LogP contribution in [0.3, 0.4) is 0 Å². The van der Waals surface area contributed by atoms with E-state index in [0.29, 0.717) is 36.2 Å². The monoisotopic (exact) mass is 453 g/mol. The Morgan fingerprint density at radius 3 is 2.48 bits per heavy atom. The summed E-state index contributed by atoms with van der Waals surface area (Å²) in [7, 11) is 0. The minimum Gasteiger partial charge on any atom is -0.454 e. The summed E-state index contributed by atoms with van der Waals surface area (Å²) < 4.78 is 5.26. The Bertz CT molecular complexity index is 1060. The molecule has 3 rings (SSSR count). The van der Waals surface area contributed by atoms with Gasteiger partial charge in [-0.15, -0.1) is 0 Å². The van der Waals surface area contributed by atoms with Crippen molar-refractivity contribution in [2.45, 2.75) is 39.7 Å². The second kappa shape index (κ2) is 10.2. The topological polar surface area (TPSA) is 119 Å². The van der Waals surface area contributed by atoms with Gasteiger partial charge in [0.1, 0.15) is 6.04 Å². The minimum atomic E-state index is -0.914. The van der Waals surface area contributed by atoms with E-state index in [1.54, 1.807) is 44.2 Å². The van der Waals surface area contributed by atoms with Gasteiger partial charge in [0.15, 0.2) is 6.61 Å². The Morgan fingerprint density at radius 2 is 1.85 bits per heavy atom. The van der Waals surface area contributed by atoms with Gasteiger partial charge in [0.05, 0.1) is 4.92 Å². The molecule has 1 aliphatic heterocycles. The third-order valence-corrected chi connectivity index (χ3v) is 5.55. The molecule has 0 unspecified atom stereocenters. The smallest absolute Gasteiger partial charge is 0.329 e. The fourth-order valence-corrected chi connectivity index (χ4v) is 3.68. The van der Waals surface area contributed by atoms with Crippen molar-refractivity contribution in [2.24, 2.45) is 5.92 Å². The van der Waals surface area contributed by atoms with Gasteiger partial charge in [-0.2, -0.15) is 0 Å². The molecule has 1 heterocycles. The molecular formula is C24H27N3O6. The number of nitrogens with zero attached hydrogens (tertiary/aromatic N) is 2. The maximum absolute atomic E-state index is 12.8. The number of carbonyl (C=O) groups excluding carboxylic acids is 3. The van der Waals surface area contributed by atoms with Crippen molar-refractivity contribution < 1.29 is 24.0 Å². The Balaban J connectivity index is 1.64. The number of rotatable bonds is 7. The summed E-state index contributed by atoms with van der Waals surface area (Å²) in [5.41, 5.74) is 2.70. The zero-order valence-electron chi connectivity index (χ0n) is 18.9. The van der Waals surface area contributed by atoms with E-state index in [9.17, 15) is 24.5 Å². The number of ether oxygens (including phenoxy) is 1. The number of nitrogens with one attached hydrogen (secondary N) is 1. The van der Waals surface area contributed by atoms with E-state index in [1.807, 2.05) is 6.92 Å². The Kier molecular flexibility index (Phi) is 7.42. The summed E-state index contributed by atoms with van der Waals surface area (Å²) >= 11 is 0. The molecule has 33 heavy (non-hydrogen) atoms. The van der Waals surface area contributed by atoms with E-state index in [-0.39, 0.29) is 11.6 Å². The molecule has 0 fully saturated rings. The maximum atomic E-state index is 12.8. The quantitative estimate of drug-likeness (QED) is 0.391. The molecule has 1 aliphatic rings. The minimum absolute atomic E-state index is 0.0291. The van der Waals surface area contributed by atoms with Crippen LogP contribution in [0.25, 0.3) is 0 Å². The molecule has 0 aliphatic carbocycles. The molecule has 2 amide bonds. The lowest BCUT2D eigenvalue weighted by molar-refractivity contribution is -0.384. The molecule has 0 saturated carbocycles. The normalized spacial score (nSPS) is 13.8. The van der Waals surface area contributed by atoms with Gasteiger partial charge < -0.3 is 15.0 Å². The first-order valence-corrected chi connectivity index (χ1v) is 10.8. The van der Waals surface area contributed by atoms with Crippen LogP contribution in [0.2, 0.25) is 0 Å². The second-order valence-electron chi connectivity index (χ2n) is 8.39. The number of non-ortho nitro benzene ring substituents is 1. The van der Waals surface area contributed by atoms with Crippen molar-refractivity contribution in [1.29, 1.82) is 0 Å². The molecule has 174 valence electrons. The molecule has 0 saturated heterocycles. The summed E-state index contributed by atoms with van der Waals surface area (Å²) in [6.45, 7) is 5.40. The summed E-state index contributed by atoms with van der Waals surface area (Å²) in [4.78, 5) is 50.0. The third kappa shape index (κ3) is 5.74. The highest BCUT2D eigenvalue weighted by atomic mass is 16.6. The summed E-state index contributed by atoms with van der Waals surface area (Å²) in [6, 6.07) is 10.4. The van der Waals surface area contributed by atoms with E-state index in [4.69, 9.17) is 4.74 Å². The molecule has 0 spiro atoms. The number of fused-ring (bicyclic) bond motifs is 1. The summed E-state index contributed by atoms with van der Waals surface area (Å²) in [6.07, 6.45) is 1.27. The molecule has 1 atom stereocenters. The predicted octanol–water partition coefficient (Wildman–Crippen LogP) is 3.18. The van der Waals surface area contributed by atoms with E-state index >= 15 is 0 Å². The van der Waals surface area contributed by atoms with Crippen molar-refractivity contribution in [3.8, 4) is 0 Å². The number of hydrogen-bond acceptors (Lipinski definition) is 6. The van der Waals surface area contributed by atoms with Crippen LogP contribution in [0, 0.1) is 23.0 Å². The summed E-state index contributed by atoms with van der Waals surface area (Å²) in [5.74, 6) is -1.77. The first-order valence-electron chi connectivity index (χ1n) is 10.8. The molecule has 0 aromatic heterocycles. The van der Waals surface area contributed by atoms with Gasteiger partial charge in [0, 0.05) is 29.9 Å². The van der Waals surface area contributed by atoms with Crippen LogP contribution in [0.5, 0.6) is 0 Å². The maximum Gasteiger partial charge on any atom is 0.329 e. The molecular weight excluding hydrogens is 426 g/mol. The number of nitro benzene ring substituents is 1. The Labute approximate surface area is 191 Å². The van der Waals surface area contributed by atoms with Gasteiger partial charge in [-0.3, -0.25) is 19.7 Å². The first-order chi connectivity index (χ1) is 15.7. The van der Waals surface area contributed by atoms with Crippen molar-refractivity contribution in [1.82, 2.24) is 5.32 Å². The van der Waals surface area contributed by atoms with Crippen LogP contribution in [-0.2, 0) is 20.7 Å². The number of carbonyl (C=O) groups is 3. The zero-order valence-corrected chi connectivity index (χ0v) is 18.9. The lowest BCUT2D eigenvalue weighted by Gasteiger charge is -2.29. The molecule has 9 nitrogen and oxygen atoms in total. The van der Waals surface area contributed by atoms with Gasteiger partial charge in [-0.1, -0.05) is 31.5 Å². The van der Waals surface area contributed by atoms with Crippen molar-refractivity contribution in [3.05, 3.63) is 69.3 Å². The van der Waals surface area contributed by atoms with E-state index in [2.05, 4.69) is 5.32 Å². The Hall–Kier alpha value is -3.75. The SMILES string of the molecule is Cc1ccc(C(=O)N[C@H](C(=O)OCC(=O)N2CCCc3cc([N+](=O)[O-])ccc32)C(C)C)cc1. The summed E-state index contributed by atoms with van der Waals surface area (Å²) in [5, 5.41) is 13.7. The van der Waals surface area contributed by atoms with Gasteiger partial charge in [-0.05, 0) is 49.4 Å². The lowest BCUT2D eigenvalue weighted by atomic mass is 10.0. The van der Waals surface area contributed by atoms with Gasteiger partial charge in [0.2, 0.25) is 0 Å². The fraction of sp³-hybridized carbons (Fsp3) is 0.375. The fourth-order valence-electron chi connectivity index (χ4n) is 3.68. The molecule has 2 aromatic rings. The highest BCUT2D eigenvalue weighted by Gasteiger charge is 2.29. The number of hydrogen-bond donors (Lipinski definition) is 1. The average molecular weight is 453 g/mol. The highest BCUT2D eigenvalue weighted by molar-refractivity contribution is 5.98. The van der Waals surface area contributed by atoms with Crippen LogP contribution in [0.15, 0.2) is 42.5 Å². The van der Waals surface area contributed by atoms with E-state index in [1.165, 1.54) is 17.0 Å². The zero-order chi connectivity index (χ0) is 24.1. The van der Waals surface area contributed by atoms with Crippen LogP contribution in [0.1, 0.15) is 41.8 Å². The average Bonchev–Trinajstić information content (AvgIpc) is 2.80. The number of aryl methyl sites for hydroxylation is 2. The highest BCUT2D eigenvalue weighted by Crippen LogP contribution is 2.30.